The Labute approximate surface area is 178 Å². The van der Waals surface area contributed by atoms with Crippen molar-refractivity contribution in [3.05, 3.63) is 65.7 Å². The number of carbonyl (C=O) groups is 2. The summed E-state index contributed by atoms with van der Waals surface area (Å²) in [6.45, 7) is 3.32. The fourth-order valence-corrected chi connectivity index (χ4v) is 3.35. The Bertz CT molecular complexity index is 1020. The van der Waals surface area contributed by atoms with Crippen LogP contribution in [-0.2, 0) is 15.3 Å². The van der Waals surface area contributed by atoms with Crippen LogP contribution in [0.3, 0.4) is 0 Å². The molecule has 0 aliphatic heterocycles. The van der Waals surface area contributed by atoms with Crippen molar-refractivity contribution < 1.29 is 23.6 Å². The van der Waals surface area contributed by atoms with E-state index in [4.69, 9.17) is 14.0 Å². The van der Waals surface area contributed by atoms with Crippen LogP contribution in [0.2, 0.25) is 0 Å². The van der Waals surface area contributed by atoms with Gasteiger partial charge in [-0.2, -0.15) is 0 Å². The van der Waals surface area contributed by atoms with E-state index in [0.29, 0.717) is 28.0 Å². The Kier molecular flexibility index (Phi) is 7.08. The van der Waals surface area contributed by atoms with Crippen molar-refractivity contribution in [2.45, 2.75) is 30.7 Å². The topological polar surface area (TPSA) is 104 Å². The summed E-state index contributed by atoms with van der Waals surface area (Å²) >= 11 is 1.34. The summed E-state index contributed by atoms with van der Waals surface area (Å²) < 4.78 is 15.5. The van der Waals surface area contributed by atoms with Crippen molar-refractivity contribution in [1.82, 2.24) is 10.1 Å². The number of ether oxygens (including phenoxy) is 2. The molecule has 8 nitrogen and oxygen atoms in total. The van der Waals surface area contributed by atoms with Crippen LogP contribution in [0.4, 0.5) is 5.69 Å². The summed E-state index contributed by atoms with van der Waals surface area (Å²) in [5.74, 6) is 0.809. The van der Waals surface area contributed by atoms with Gasteiger partial charge in [-0.1, -0.05) is 16.9 Å². The van der Waals surface area contributed by atoms with E-state index < -0.39 is 18.0 Å². The van der Waals surface area contributed by atoms with Crippen LogP contribution in [0.25, 0.3) is 0 Å². The lowest BCUT2D eigenvalue weighted by molar-refractivity contribution is -0.123. The summed E-state index contributed by atoms with van der Waals surface area (Å²) in [5, 5.41) is 7.12. The van der Waals surface area contributed by atoms with Gasteiger partial charge in [0.15, 0.2) is 6.10 Å². The first-order chi connectivity index (χ1) is 14.5. The van der Waals surface area contributed by atoms with Crippen LogP contribution in [0.15, 0.2) is 58.2 Å². The number of benzene rings is 1. The van der Waals surface area contributed by atoms with Crippen molar-refractivity contribution in [3.63, 3.8) is 0 Å². The molecule has 0 fully saturated rings. The van der Waals surface area contributed by atoms with Gasteiger partial charge in [0.05, 0.1) is 18.4 Å². The zero-order valence-corrected chi connectivity index (χ0v) is 17.6. The number of anilines is 1. The number of nitrogens with one attached hydrogen (secondary N) is 1. The lowest BCUT2D eigenvalue weighted by Gasteiger charge is -2.14. The number of hydrogen-bond donors (Lipinski definition) is 1. The summed E-state index contributed by atoms with van der Waals surface area (Å²) in [4.78, 5) is 29.2. The van der Waals surface area contributed by atoms with E-state index in [-0.39, 0.29) is 5.56 Å². The standard InChI is InChI=1S/C21H21N3O5S/c1-13-11-16(24-29-13)12-30-20-18(5-4-10-22-20)21(26)28-14(2)19(25)23-15-6-8-17(27-3)9-7-15/h4-11,14H,12H2,1-3H3,(H,23,25). The van der Waals surface area contributed by atoms with E-state index >= 15 is 0 Å². The smallest absolute Gasteiger partial charge is 0.341 e. The third-order valence-electron chi connectivity index (χ3n) is 4.04. The number of aromatic nitrogens is 2. The van der Waals surface area contributed by atoms with Gasteiger partial charge in [0.1, 0.15) is 16.5 Å². The Morgan fingerprint density at radius 2 is 2.00 bits per heavy atom. The second-order valence-electron chi connectivity index (χ2n) is 6.34. The van der Waals surface area contributed by atoms with E-state index in [0.717, 1.165) is 5.69 Å². The summed E-state index contributed by atoms with van der Waals surface area (Å²) in [7, 11) is 1.56. The quantitative estimate of drug-likeness (QED) is 0.427. The molecule has 3 rings (SSSR count). The first-order valence-corrected chi connectivity index (χ1v) is 10.1. The van der Waals surface area contributed by atoms with Crippen LogP contribution in [0, 0.1) is 6.92 Å². The van der Waals surface area contributed by atoms with Crippen LogP contribution in [0.5, 0.6) is 5.75 Å². The van der Waals surface area contributed by atoms with Crippen molar-refractivity contribution in [3.8, 4) is 5.75 Å². The molecule has 0 aliphatic carbocycles. The maximum Gasteiger partial charge on any atom is 0.341 e. The molecule has 1 aromatic carbocycles. The molecular weight excluding hydrogens is 406 g/mol. The molecule has 1 unspecified atom stereocenters. The van der Waals surface area contributed by atoms with Gasteiger partial charge in [-0.25, -0.2) is 9.78 Å². The minimum absolute atomic E-state index is 0.284. The molecule has 2 aromatic heterocycles. The Morgan fingerprint density at radius 1 is 1.23 bits per heavy atom. The molecule has 0 saturated carbocycles. The summed E-state index contributed by atoms with van der Waals surface area (Å²) in [6.07, 6.45) is 0.600. The minimum atomic E-state index is -0.990. The highest BCUT2D eigenvalue weighted by molar-refractivity contribution is 7.98. The highest BCUT2D eigenvalue weighted by Crippen LogP contribution is 2.25. The van der Waals surface area contributed by atoms with Gasteiger partial charge in [-0.15, -0.1) is 0 Å². The van der Waals surface area contributed by atoms with Gasteiger partial charge in [0, 0.05) is 23.7 Å². The van der Waals surface area contributed by atoms with Gasteiger partial charge in [0.2, 0.25) is 0 Å². The number of aryl methyl sites for hydroxylation is 1. The highest BCUT2D eigenvalue weighted by atomic mass is 32.2. The lowest BCUT2D eigenvalue weighted by atomic mass is 10.2. The van der Waals surface area contributed by atoms with Crippen molar-refractivity contribution in [2.75, 3.05) is 12.4 Å². The molecule has 0 radical (unpaired) electrons. The van der Waals surface area contributed by atoms with Crippen LogP contribution >= 0.6 is 11.8 Å². The minimum Gasteiger partial charge on any atom is -0.497 e. The van der Waals surface area contributed by atoms with Crippen molar-refractivity contribution >= 4 is 29.3 Å². The Hall–Kier alpha value is -3.33. The molecule has 0 bridgehead atoms. The number of nitrogens with zero attached hydrogens (tertiary/aromatic N) is 2. The third-order valence-corrected chi connectivity index (χ3v) is 5.07. The fourth-order valence-electron chi connectivity index (χ4n) is 2.49. The SMILES string of the molecule is COc1ccc(NC(=O)C(C)OC(=O)c2cccnc2SCc2cc(C)on2)cc1. The second kappa shape index (κ2) is 9.93. The van der Waals surface area contributed by atoms with E-state index in [9.17, 15) is 9.59 Å². The number of esters is 1. The first kappa shape index (κ1) is 21.4. The predicted octanol–water partition coefficient (Wildman–Crippen LogP) is 3.86. The largest absolute Gasteiger partial charge is 0.497 e. The molecule has 30 heavy (non-hydrogen) atoms. The van der Waals surface area contributed by atoms with Crippen LogP contribution in [-0.4, -0.2) is 35.2 Å². The van der Waals surface area contributed by atoms with Crippen molar-refractivity contribution in [2.24, 2.45) is 0 Å². The third kappa shape index (κ3) is 5.60. The van der Waals surface area contributed by atoms with E-state index in [2.05, 4.69) is 15.5 Å². The normalized spacial score (nSPS) is 11.6. The number of amides is 1. The molecule has 3 aromatic rings. The van der Waals surface area contributed by atoms with Gasteiger partial charge >= 0.3 is 5.97 Å². The average molecular weight is 427 g/mol. The zero-order valence-electron chi connectivity index (χ0n) is 16.7. The molecule has 9 heteroatoms. The predicted molar refractivity (Wildman–Crippen MR) is 112 cm³/mol. The maximum atomic E-state index is 12.6. The summed E-state index contributed by atoms with van der Waals surface area (Å²) in [5.41, 5.74) is 1.60. The number of thioether (sulfide) groups is 1. The van der Waals surface area contributed by atoms with E-state index in [1.165, 1.54) is 18.7 Å². The zero-order chi connectivity index (χ0) is 21.5. The monoisotopic (exact) mass is 427 g/mol. The van der Waals surface area contributed by atoms with Gasteiger partial charge < -0.3 is 19.3 Å². The number of hydrogen-bond acceptors (Lipinski definition) is 8. The molecule has 156 valence electrons. The average Bonchev–Trinajstić information content (AvgIpc) is 3.18. The fraction of sp³-hybridized carbons (Fsp3) is 0.238. The molecule has 1 atom stereocenters. The molecule has 1 N–H and O–H groups in total. The van der Waals surface area contributed by atoms with Gasteiger partial charge in [-0.3, -0.25) is 4.79 Å². The molecule has 2 heterocycles. The van der Waals surface area contributed by atoms with Crippen LogP contribution in [0.1, 0.15) is 28.7 Å². The molecule has 0 aliphatic rings. The number of pyridine rings is 1. The Morgan fingerprint density at radius 3 is 2.67 bits per heavy atom. The number of methoxy groups -OCH3 is 1. The first-order valence-electron chi connectivity index (χ1n) is 9.12. The molecule has 0 spiro atoms. The van der Waals surface area contributed by atoms with Gasteiger partial charge in [0.25, 0.3) is 5.91 Å². The lowest BCUT2D eigenvalue weighted by Crippen LogP contribution is -2.30. The molecule has 1 amide bonds. The molecular formula is C21H21N3O5S. The van der Waals surface area contributed by atoms with Crippen molar-refractivity contribution in [1.29, 1.82) is 0 Å². The van der Waals surface area contributed by atoms with E-state index in [1.54, 1.807) is 49.7 Å². The molecule has 0 saturated heterocycles. The number of rotatable bonds is 8. The second-order valence-corrected chi connectivity index (χ2v) is 7.30. The number of carbonyl (C=O) groups excluding carboxylic acids is 2. The van der Waals surface area contributed by atoms with Crippen LogP contribution < -0.4 is 10.1 Å². The Balaban J connectivity index is 1.60. The maximum absolute atomic E-state index is 12.6. The van der Waals surface area contributed by atoms with Gasteiger partial charge in [-0.05, 0) is 50.2 Å². The van der Waals surface area contributed by atoms with E-state index in [1.807, 2.05) is 13.0 Å². The highest BCUT2D eigenvalue weighted by Gasteiger charge is 2.22. The summed E-state index contributed by atoms with van der Waals surface area (Å²) in [6, 6.07) is 11.9.